The predicted octanol–water partition coefficient (Wildman–Crippen LogP) is 1.35. The molecule has 1 heterocycles. The van der Waals surface area contributed by atoms with Crippen molar-refractivity contribution >= 4 is 32.4 Å². The summed E-state index contributed by atoms with van der Waals surface area (Å²) in [5, 5.41) is 10.1. The number of nitrogens with zero attached hydrogens (tertiary/aromatic N) is 2. The molecule has 2 aliphatic carbocycles. The van der Waals surface area contributed by atoms with E-state index < -0.39 is 10.0 Å². The second-order valence-corrected chi connectivity index (χ2v) is 8.54. The summed E-state index contributed by atoms with van der Waals surface area (Å²) in [6, 6.07) is 0.0198. The van der Waals surface area contributed by atoms with Gasteiger partial charge in [0.05, 0.1) is 0 Å². The number of hydrogen-bond donors (Lipinski definition) is 2. The summed E-state index contributed by atoms with van der Waals surface area (Å²) < 4.78 is 27.3. The predicted molar refractivity (Wildman–Crippen MR) is 78.4 cm³/mol. The van der Waals surface area contributed by atoms with Gasteiger partial charge in [-0.3, -0.25) is 4.79 Å². The Kier molecular flexibility index (Phi) is 3.98. The summed E-state index contributed by atoms with van der Waals surface area (Å²) in [5.74, 6) is 0.907. The van der Waals surface area contributed by atoms with Crippen LogP contribution in [0.25, 0.3) is 0 Å². The first-order valence-electron chi connectivity index (χ1n) is 7.13. The van der Waals surface area contributed by atoms with Crippen molar-refractivity contribution in [3.05, 3.63) is 0 Å². The van der Waals surface area contributed by atoms with Crippen LogP contribution in [0, 0.1) is 11.8 Å². The number of amides is 1. The van der Waals surface area contributed by atoms with Crippen LogP contribution in [-0.2, 0) is 14.8 Å². The van der Waals surface area contributed by atoms with Crippen molar-refractivity contribution < 1.29 is 13.2 Å². The minimum atomic E-state index is -3.64. The minimum Gasteiger partial charge on any atom is -0.301 e. The van der Waals surface area contributed by atoms with E-state index in [0.29, 0.717) is 18.3 Å². The summed E-state index contributed by atoms with van der Waals surface area (Å²) in [7, 11) is -3.64. The molecule has 9 heteroatoms. The molecule has 2 saturated carbocycles. The number of carbonyl (C=O) groups excluding carboxylic acids is 1. The third kappa shape index (κ3) is 3.09. The molecule has 2 bridgehead atoms. The van der Waals surface area contributed by atoms with Gasteiger partial charge < -0.3 is 5.32 Å². The topological polar surface area (TPSA) is 101 Å². The van der Waals surface area contributed by atoms with Gasteiger partial charge in [0, 0.05) is 12.5 Å². The maximum atomic E-state index is 12.3. The third-order valence-corrected chi connectivity index (χ3v) is 6.94. The molecule has 0 aliphatic heterocycles. The Morgan fingerprint density at radius 2 is 2.14 bits per heavy atom. The molecule has 0 unspecified atom stereocenters. The van der Waals surface area contributed by atoms with Crippen LogP contribution in [0.3, 0.4) is 0 Å². The number of hydrogen-bond acceptors (Lipinski definition) is 6. The van der Waals surface area contributed by atoms with Crippen LogP contribution in [0.4, 0.5) is 5.13 Å². The number of rotatable bonds is 5. The molecule has 2 fully saturated rings. The average Bonchev–Trinajstić information content (AvgIpc) is 3.13. The summed E-state index contributed by atoms with van der Waals surface area (Å²) >= 11 is 0.882. The van der Waals surface area contributed by atoms with Crippen molar-refractivity contribution in [1.82, 2.24) is 14.9 Å². The standard InChI is InChI=1S/C12H18N4O3S2/c1-2-10(17)13-11-14-15-12(20-11)21(18,19)16-9-6-7-3-4-8(9)5-7/h7-9,16H,2-6H2,1H3,(H,13,14,17)/t7-,8-,9+/m0/s1. The maximum absolute atomic E-state index is 12.3. The van der Waals surface area contributed by atoms with Gasteiger partial charge in [-0.05, 0) is 31.1 Å². The van der Waals surface area contributed by atoms with Gasteiger partial charge in [-0.15, -0.1) is 10.2 Å². The largest absolute Gasteiger partial charge is 0.301 e. The third-order valence-electron chi connectivity index (χ3n) is 4.25. The zero-order valence-corrected chi connectivity index (χ0v) is 13.3. The number of aromatic nitrogens is 2. The fourth-order valence-corrected chi connectivity index (χ4v) is 5.47. The fraction of sp³-hybridized carbons (Fsp3) is 0.750. The molecular formula is C12H18N4O3S2. The van der Waals surface area contributed by atoms with Crippen LogP contribution in [0.5, 0.6) is 0 Å². The molecule has 1 aromatic heterocycles. The molecule has 7 nitrogen and oxygen atoms in total. The Morgan fingerprint density at radius 1 is 1.33 bits per heavy atom. The zero-order valence-electron chi connectivity index (χ0n) is 11.7. The van der Waals surface area contributed by atoms with Crippen LogP contribution in [0.15, 0.2) is 4.34 Å². The monoisotopic (exact) mass is 330 g/mol. The summed E-state index contributed by atoms with van der Waals surface area (Å²) in [4.78, 5) is 11.3. The molecular weight excluding hydrogens is 312 g/mol. The fourth-order valence-electron chi connectivity index (χ4n) is 3.22. The highest BCUT2D eigenvalue weighted by Crippen LogP contribution is 2.44. The van der Waals surface area contributed by atoms with Crippen LogP contribution in [-0.4, -0.2) is 30.6 Å². The first-order valence-corrected chi connectivity index (χ1v) is 9.43. The molecule has 0 radical (unpaired) electrons. The van der Waals surface area contributed by atoms with E-state index in [1.165, 1.54) is 6.42 Å². The van der Waals surface area contributed by atoms with Crippen molar-refractivity contribution in [3.8, 4) is 0 Å². The van der Waals surface area contributed by atoms with Crippen LogP contribution >= 0.6 is 11.3 Å². The lowest BCUT2D eigenvalue weighted by Crippen LogP contribution is -2.38. The summed E-state index contributed by atoms with van der Waals surface area (Å²) in [6.45, 7) is 1.71. The normalized spacial score (nSPS) is 28.0. The Labute approximate surface area is 127 Å². The quantitative estimate of drug-likeness (QED) is 0.794. The van der Waals surface area contributed by atoms with Gasteiger partial charge in [0.15, 0.2) is 0 Å². The molecule has 0 aromatic carbocycles. The number of anilines is 1. The van der Waals surface area contributed by atoms with Crippen LogP contribution < -0.4 is 10.0 Å². The van der Waals surface area contributed by atoms with Crippen LogP contribution in [0.1, 0.15) is 39.0 Å². The second-order valence-electron chi connectivity index (χ2n) is 5.68. The Morgan fingerprint density at radius 3 is 2.76 bits per heavy atom. The molecule has 21 heavy (non-hydrogen) atoms. The Balaban J connectivity index is 1.69. The summed E-state index contributed by atoms with van der Waals surface area (Å²) in [5.41, 5.74) is 0. The molecule has 116 valence electrons. The van der Waals surface area contributed by atoms with E-state index in [-0.39, 0.29) is 21.4 Å². The molecule has 3 atom stereocenters. The smallest absolute Gasteiger partial charge is 0.270 e. The van der Waals surface area contributed by atoms with Crippen molar-refractivity contribution in [2.24, 2.45) is 11.8 Å². The second kappa shape index (κ2) is 5.62. The lowest BCUT2D eigenvalue weighted by atomic mass is 9.96. The first-order chi connectivity index (χ1) is 9.98. The van der Waals surface area contributed by atoms with E-state index in [1.54, 1.807) is 6.92 Å². The van der Waals surface area contributed by atoms with Gasteiger partial charge in [0.25, 0.3) is 10.0 Å². The van der Waals surface area contributed by atoms with Crippen molar-refractivity contribution in [3.63, 3.8) is 0 Å². The number of sulfonamides is 1. The van der Waals surface area contributed by atoms with Gasteiger partial charge in [-0.25, -0.2) is 13.1 Å². The maximum Gasteiger partial charge on any atom is 0.270 e. The molecule has 2 N–H and O–H groups in total. The molecule has 0 spiro atoms. The van der Waals surface area contributed by atoms with E-state index in [2.05, 4.69) is 20.2 Å². The SMILES string of the molecule is CCC(=O)Nc1nnc(S(=O)(=O)N[C@@H]2C[C@H]3CC[C@H]2C3)s1. The van der Waals surface area contributed by atoms with Gasteiger partial charge >= 0.3 is 0 Å². The van der Waals surface area contributed by atoms with Gasteiger partial charge in [0.2, 0.25) is 15.4 Å². The number of carbonyl (C=O) groups is 1. The van der Waals surface area contributed by atoms with E-state index in [0.717, 1.165) is 30.6 Å². The van der Waals surface area contributed by atoms with Crippen molar-refractivity contribution in [2.45, 2.75) is 49.4 Å². The number of nitrogens with one attached hydrogen (secondary N) is 2. The highest BCUT2D eigenvalue weighted by Gasteiger charge is 2.41. The molecule has 1 amide bonds. The average molecular weight is 330 g/mol. The molecule has 2 aliphatic rings. The first kappa shape index (κ1) is 14.9. The molecule has 1 aromatic rings. The highest BCUT2D eigenvalue weighted by molar-refractivity contribution is 7.91. The van der Waals surface area contributed by atoms with E-state index in [1.807, 2.05) is 0 Å². The van der Waals surface area contributed by atoms with E-state index in [4.69, 9.17) is 0 Å². The summed E-state index contributed by atoms with van der Waals surface area (Å²) in [6.07, 6.45) is 4.68. The van der Waals surface area contributed by atoms with Gasteiger partial charge in [-0.2, -0.15) is 0 Å². The van der Waals surface area contributed by atoms with E-state index >= 15 is 0 Å². The van der Waals surface area contributed by atoms with Crippen molar-refractivity contribution in [1.29, 1.82) is 0 Å². The lowest BCUT2D eigenvalue weighted by Gasteiger charge is -2.21. The van der Waals surface area contributed by atoms with E-state index in [9.17, 15) is 13.2 Å². The lowest BCUT2D eigenvalue weighted by molar-refractivity contribution is -0.115. The Bertz CT molecular complexity index is 643. The van der Waals surface area contributed by atoms with Gasteiger partial charge in [-0.1, -0.05) is 24.7 Å². The molecule has 3 rings (SSSR count). The van der Waals surface area contributed by atoms with Crippen molar-refractivity contribution in [2.75, 3.05) is 5.32 Å². The molecule has 0 saturated heterocycles. The minimum absolute atomic E-state index is 0.0198. The Hall–Kier alpha value is -1.06. The van der Waals surface area contributed by atoms with Gasteiger partial charge in [0.1, 0.15) is 0 Å². The highest BCUT2D eigenvalue weighted by atomic mass is 32.2. The zero-order chi connectivity index (χ0) is 15.0. The van der Waals surface area contributed by atoms with Crippen LogP contribution in [0.2, 0.25) is 0 Å². The number of fused-ring (bicyclic) bond motifs is 2.